The summed E-state index contributed by atoms with van der Waals surface area (Å²) in [7, 11) is 1.41. The van der Waals surface area contributed by atoms with Crippen LogP contribution in [0.4, 0.5) is 0 Å². The molecule has 0 aliphatic heterocycles. The largest absolute Gasteiger partial charge is 0.469 e. The summed E-state index contributed by atoms with van der Waals surface area (Å²) in [6.07, 6.45) is 5.77. The first kappa shape index (κ1) is 13.9. The zero-order valence-corrected chi connectivity index (χ0v) is 11.2. The highest BCUT2D eigenvalue weighted by atomic mass is 16.5. The average Bonchev–Trinajstić information content (AvgIpc) is 2.85. The number of aldehydes is 1. The minimum absolute atomic E-state index is 0.0758. The molecule has 17 heavy (non-hydrogen) atoms. The highest BCUT2D eigenvalue weighted by Gasteiger charge is 2.61. The van der Waals surface area contributed by atoms with Crippen molar-refractivity contribution >= 4 is 12.3 Å². The van der Waals surface area contributed by atoms with Crippen molar-refractivity contribution in [3.8, 4) is 0 Å². The van der Waals surface area contributed by atoms with Gasteiger partial charge in [-0.3, -0.25) is 9.59 Å². The minimum Gasteiger partial charge on any atom is -0.469 e. The van der Waals surface area contributed by atoms with E-state index in [0.717, 1.165) is 31.1 Å². The van der Waals surface area contributed by atoms with Crippen molar-refractivity contribution in [2.24, 2.45) is 17.3 Å². The molecule has 0 saturated heterocycles. The van der Waals surface area contributed by atoms with Crippen molar-refractivity contribution in [2.75, 3.05) is 7.11 Å². The van der Waals surface area contributed by atoms with E-state index in [0.29, 0.717) is 0 Å². The van der Waals surface area contributed by atoms with Crippen LogP contribution < -0.4 is 0 Å². The normalized spacial score (nSPS) is 26.5. The van der Waals surface area contributed by atoms with Gasteiger partial charge in [0.25, 0.3) is 0 Å². The lowest BCUT2D eigenvalue weighted by molar-refractivity contribution is -0.143. The van der Waals surface area contributed by atoms with Gasteiger partial charge in [0.15, 0.2) is 0 Å². The number of esters is 1. The van der Waals surface area contributed by atoms with Crippen molar-refractivity contribution in [1.29, 1.82) is 0 Å². The Balaban J connectivity index is 2.71. The van der Waals surface area contributed by atoms with Crippen molar-refractivity contribution in [3.05, 3.63) is 11.6 Å². The molecule has 3 heteroatoms. The van der Waals surface area contributed by atoms with E-state index in [1.165, 1.54) is 7.11 Å². The third-order valence-corrected chi connectivity index (χ3v) is 3.73. The molecule has 0 N–H and O–H groups in total. The van der Waals surface area contributed by atoms with E-state index in [4.69, 9.17) is 4.74 Å². The van der Waals surface area contributed by atoms with Crippen LogP contribution in [-0.4, -0.2) is 19.4 Å². The number of carbonyl (C=O) groups excluding carboxylic acids is 2. The summed E-state index contributed by atoms with van der Waals surface area (Å²) in [6, 6.07) is 0. The Hall–Kier alpha value is -1.12. The SMILES string of the molecule is CCCC/C(C=O)=C\C1C(C(=O)OC)C1(C)C. The van der Waals surface area contributed by atoms with E-state index in [-0.39, 0.29) is 23.2 Å². The molecule has 1 aliphatic rings. The third-order valence-electron chi connectivity index (χ3n) is 3.73. The van der Waals surface area contributed by atoms with E-state index in [1.807, 2.05) is 19.9 Å². The van der Waals surface area contributed by atoms with Crippen LogP contribution in [0.2, 0.25) is 0 Å². The van der Waals surface area contributed by atoms with Crippen LogP contribution in [0.15, 0.2) is 11.6 Å². The lowest BCUT2D eigenvalue weighted by Crippen LogP contribution is -2.07. The van der Waals surface area contributed by atoms with Gasteiger partial charge in [0, 0.05) is 0 Å². The second-order valence-corrected chi connectivity index (χ2v) is 5.31. The van der Waals surface area contributed by atoms with Gasteiger partial charge in [-0.25, -0.2) is 0 Å². The molecule has 0 aromatic rings. The van der Waals surface area contributed by atoms with Gasteiger partial charge in [-0.05, 0) is 29.7 Å². The van der Waals surface area contributed by atoms with Crippen LogP contribution in [0, 0.1) is 17.3 Å². The smallest absolute Gasteiger partial charge is 0.309 e. The Morgan fingerprint density at radius 3 is 2.53 bits per heavy atom. The lowest BCUT2D eigenvalue weighted by Gasteiger charge is -2.00. The first-order valence-corrected chi connectivity index (χ1v) is 6.22. The van der Waals surface area contributed by atoms with Crippen LogP contribution in [0.1, 0.15) is 40.0 Å². The number of hydrogen-bond acceptors (Lipinski definition) is 3. The standard InChI is InChI=1S/C14H22O3/c1-5-6-7-10(9-15)8-11-12(13(16)17-4)14(11,2)3/h8-9,11-12H,5-7H2,1-4H3/b10-8+. The minimum atomic E-state index is -0.169. The first-order valence-electron chi connectivity index (χ1n) is 6.22. The summed E-state index contributed by atoms with van der Waals surface area (Å²) in [5.74, 6) is -0.118. The van der Waals surface area contributed by atoms with Gasteiger partial charge in [-0.2, -0.15) is 0 Å². The van der Waals surface area contributed by atoms with Crippen molar-refractivity contribution in [2.45, 2.75) is 40.0 Å². The van der Waals surface area contributed by atoms with Gasteiger partial charge in [-0.1, -0.05) is 33.3 Å². The molecule has 2 atom stereocenters. The van der Waals surface area contributed by atoms with Gasteiger partial charge in [0.05, 0.1) is 13.0 Å². The summed E-state index contributed by atoms with van der Waals surface area (Å²) in [5.41, 5.74) is 0.740. The Labute approximate surface area is 103 Å². The molecule has 1 aliphatic carbocycles. The summed E-state index contributed by atoms with van der Waals surface area (Å²) in [4.78, 5) is 22.5. The number of rotatable bonds is 6. The van der Waals surface area contributed by atoms with Gasteiger partial charge in [0.2, 0.25) is 0 Å². The third kappa shape index (κ3) is 2.96. The molecule has 1 saturated carbocycles. The van der Waals surface area contributed by atoms with Gasteiger partial charge >= 0.3 is 5.97 Å². The fourth-order valence-electron chi connectivity index (χ4n) is 2.36. The lowest BCUT2D eigenvalue weighted by atomic mass is 10.0. The van der Waals surface area contributed by atoms with Crippen LogP contribution >= 0.6 is 0 Å². The quantitative estimate of drug-likeness (QED) is 0.406. The predicted octanol–water partition coefficient (Wildman–Crippen LogP) is 2.75. The highest BCUT2D eigenvalue weighted by Crippen LogP contribution is 2.59. The fraction of sp³-hybridized carbons (Fsp3) is 0.714. The Morgan fingerprint density at radius 1 is 1.41 bits per heavy atom. The molecule has 0 aromatic heterocycles. The maximum absolute atomic E-state index is 11.5. The van der Waals surface area contributed by atoms with E-state index < -0.39 is 0 Å². The second-order valence-electron chi connectivity index (χ2n) is 5.31. The number of hydrogen-bond donors (Lipinski definition) is 0. The summed E-state index contributed by atoms with van der Waals surface area (Å²) in [5, 5.41) is 0. The van der Waals surface area contributed by atoms with E-state index in [9.17, 15) is 9.59 Å². The molecule has 0 amide bonds. The monoisotopic (exact) mass is 238 g/mol. The second kappa shape index (κ2) is 5.48. The molecule has 96 valence electrons. The molecular formula is C14H22O3. The zero-order valence-electron chi connectivity index (χ0n) is 11.2. The fourth-order valence-corrected chi connectivity index (χ4v) is 2.36. The number of ether oxygens (including phenoxy) is 1. The summed E-state index contributed by atoms with van der Waals surface area (Å²) < 4.78 is 4.78. The Kier molecular flexibility index (Phi) is 4.49. The summed E-state index contributed by atoms with van der Waals surface area (Å²) >= 11 is 0. The zero-order chi connectivity index (χ0) is 13.1. The topological polar surface area (TPSA) is 43.4 Å². The number of unbranched alkanes of at least 4 members (excludes halogenated alkanes) is 1. The van der Waals surface area contributed by atoms with Gasteiger partial charge in [0.1, 0.15) is 6.29 Å². The summed E-state index contributed by atoms with van der Waals surface area (Å²) in [6.45, 7) is 6.18. The van der Waals surface area contributed by atoms with Gasteiger partial charge in [-0.15, -0.1) is 0 Å². The number of methoxy groups -OCH3 is 1. The van der Waals surface area contributed by atoms with Crippen LogP contribution in [0.3, 0.4) is 0 Å². The first-order chi connectivity index (χ1) is 7.98. The predicted molar refractivity (Wildman–Crippen MR) is 66.4 cm³/mol. The number of allylic oxidation sites excluding steroid dienone is 2. The average molecular weight is 238 g/mol. The molecule has 0 spiro atoms. The molecule has 0 aromatic carbocycles. The molecule has 0 heterocycles. The van der Waals surface area contributed by atoms with Gasteiger partial charge < -0.3 is 4.74 Å². The van der Waals surface area contributed by atoms with Crippen LogP contribution in [0.5, 0.6) is 0 Å². The van der Waals surface area contributed by atoms with E-state index in [1.54, 1.807) is 0 Å². The molecular weight excluding hydrogens is 216 g/mol. The molecule has 0 radical (unpaired) electrons. The van der Waals surface area contributed by atoms with Crippen LogP contribution in [-0.2, 0) is 14.3 Å². The molecule has 3 nitrogen and oxygen atoms in total. The maximum atomic E-state index is 11.5. The maximum Gasteiger partial charge on any atom is 0.309 e. The van der Waals surface area contributed by atoms with Crippen molar-refractivity contribution < 1.29 is 14.3 Å². The van der Waals surface area contributed by atoms with E-state index >= 15 is 0 Å². The van der Waals surface area contributed by atoms with E-state index in [2.05, 4.69) is 6.92 Å². The number of carbonyl (C=O) groups is 2. The molecule has 2 unspecified atom stereocenters. The van der Waals surface area contributed by atoms with Crippen molar-refractivity contribution in [3.63, 3.8) is 0 Å². The highest BCUT2D eigenvalue weighted by molar-refractivity contribution is 5.79. The molecule has 0 bridgehead atoms. The molecule has 1 fully saturated rings. The van der Waals surface area contributed by atoms with Crippen LogP contribution in [0.25, 0.3) is 0 Å². The van der Waals surface area contributed by atoms with Crippen molar-refractivity contribution in [1.82, 2.24) is 0 Å². The Bertz CT molecular complexity index is 328. The molecule has 1 rings (SSSR count). The Morgan fingerprint density at radius 2 is 2.06 bits per heavy atom.